The fraction of sp³-hybridized carbons (Fsp3) is 0.333. The Bertz CT molecular complexity index is 803. The Morgan fingerprint density at radius 1 is 1.23 bits per heavy atom. The average molecular weight is 356 g/mol. The molecule has 0 bridgehead atoms. The maximum absolute atomic E-state index is 12.4. The summed E-state index contributed by atoms with van der Waals surface area (Å²) in [6.45, 7) is 1.10. The van der Waals surface area contributed by atoms with Gasteiger partial charge in [-0.2, -0.15) is 4.98 Å². The van der Waals surface area contributed by atoms with Crippen molar-refractivity contribution in [1.82, 2.24) is 14.9 Å². The highest BCUT2D eigenvalue weighted by Crippen LogP contribution is 2.30. The second kappa shape index (κ2) is 7.81. The lowest BCUT2D eigenvalue weighted by molar-refractivity contribution is 0.0694. The number of benzene rings is 1. The number of hydrogen-bond acceptors (Lipinski definition) is 5. The summed E-state index contributed by atoms with van der Waals surface area (Å²) in [7, 11) is 1.46. The van der Waals surface area contributed by atoms with Gasteiger partial charge in [0.25, 0.3) is 0 Å². The van der Waals surface area contributed by atoms with E-state index in [9.17, 15) is 14.7 Å². The number of amides is 2. The van der Waals surface area contributed by atoms with Gasteiger partial charge in [0, 0.05) is 19.3 Å². The Morgan fingerprint density at radius 2 is 1.96 bits per heavy atom. The van der Waals surface area contributed by atoms with Gasteiger partial charge in [-0.25, -0.2) is 14.6 Å². The van der Waals surface area contributed by atoms with Gasteiger partial charge in [-0.05, 0) is 36.5 Å². The summed E-state index contributed by atoms with van der Waals surface area (Å²) in [4.78, 5) is 33.5. The van der Waals surface area contributed by atoms with Gasteiger partial charge in [0.2, 0.25) is 0 Å². The van der Waals surface area contributed by atoms with Crippen LogP contribution in [0.4, 0.5) is 10.6 Å². The Hall–Kier alpha value is -3.16. The van der Waals surface area contributed by atoms with E-state index < -0.39 is 5.97 Å². The maximum Gasteiger partial charge on any atom is 0.335 e. The molecule has 1 aliphatic heterocycles. The first-order valence-corrected chi connectivity index (χ1v) is 8.33. The summed E-state index contributed by atoms with van der Waals surface area (Å²) in [6, 6.07) is 8.60. The molecule has 1 aliphatic rings. The lowest BCUT2D eigenvalue weighted by atomic mass is 9.86. The number of methoxy groups -OCH3 is 1. The van der Waals surface area contributed by atoms with E-state index in [0.717, 1.165) is 5.56 Å². The summed E-state index contributed by atoms with van der Waals surface area (Å²) >= 11 is 0. The molecule has 1 aromatic heterocycles. The molecule has 0 saturated carbocycles. The van der Waals surface area contributed by atoms with Crippen molar-refractivity contribution in [1.29, 1.82) is 0 Å². The molecule has 26 heavy (non-hydrogen) atoms. The Balaban J connectivity index is 1.61. The molecule has 0 atom stereocenters. The summed E-state index contributed by atoms with van der Waals surface area (Å²) in [5.41, 5.74) is 1.17. The molecular weight excluding hydrogens is 336 g/mol. The predicted molar refractivity (Wildman–Crippen MR) is 94.6 cm³/mol. The molecule has 0 spiro atoms. The lowest BCUT2D eigenvalue weighted by Gasteiger charge is -2.32. The summed E-state index contributed by atoms with van der Waals surface area (Å²) in [6.07, 6.45) is 2.94. The number of rotatable bonds is 4. The van der Waals surface area contributed by atoms with Crippen molar-refractivity contribution in [2.75, 3.05) is 25.5 Å². The smallest absolute Gasteiger partial charge is 0.335 e. The first-order valence-electron chi connectivity index (χ1n) is 8.33. The standard InChI is InChI=1S/C18H20N4O4/c1-26-17-19-9-6-15(20-17)21-18(25)22-10-7-12(8-11-22)13-4-2-3-5-14(13)16(23)24/h2-6,9,12H,7-8,10-11H2,1H3,(H,23,24)(H,19,20,21,25). The van der Waals surface area contributed by atoms with Crippen LogP contribution in [0.3, 0.4) is 0 Å². The number of carboxylic acids is 1. The monoisotopic (exact) mass is 356 g/mol. The Morgan fingerprint density at radius 3 is 2.65 bits per heavy atom. The van der Waals surface area contributed by atoms with Gasteiger partial charge in [-0.1, -0.05) is 18.2 Å². The molecule has 2 N–H and O–H groups in total. The molecule has 8 heteroatoms. The van der Waals surface area contributed by atoms with Gasteiger partial charge in [-0.3, -0.25) is 5.32 Å². The van der Waals surface area contributed by atoms with Crippen LogP contribution < -0.4 is 10.1 Å². The predicted octanol–water partition coefficient (Wildman–Crippen LogP) is 2.59. The van der Waals surface area contributed by atoms with Crippen LogP contribution in [0.5, 0.6) is 6.01 Å². The second-order valence-corrected chi connectivity index (χ2v) is 6.01. The normalized spacial score (nSPS) is 14.7. The third-order valence-corrected chi connectivity index (χ3v) is 4.46. The number of aromatic carboxylic acids is 1. The van der Waals surface area contributed by atoms with E-state index in [4.69, 9.17) is 4.74 Å². The molecule has 0 aliphatic carbocycles. The van der Waals surface area contributed by atoms with E-state index in [1.165, 1.54) is 13.3 Å². The second-order valence-electron chi connectivity index (χ2n) is 6.01. The quantitative estimate of drug-likeness (QED) is 0.872. The fourth-order valence-electron chi connectivity index (χ4n) is 3.14. The van der Waals surface area contributed by atoms with Gasteiger partial charge >= 0.3 is 18.0 Å². The molecule has 8 nitrogen and oxygen atoms in total. The number of anilines is 1. The zero-order chi connectivity index (χ0) is 18.5. The molecule has 3 rings (SSSR count). The maximum atomic E-state index is 12.4. The summed E-state index contributed by atoms with van der Waals surface area (Å²) in [5.74, 6) is -0.413. The number of nitrogens with zero attached hydrogens (tertiary/aromatic N) is 3. The van der Waals surface area contributed by atoms with E-state index in [2.05, 4.69) is 15.3 Å². The molecule has 2 heterocycles. The molecule has 136 valence electrons. The van der Waals surface area contributed by atoms with Crippen LogP contribution in [0.25, 0.3) is 0 Å². The van der Waals surface area contributed by atoms with Gasteiger partial charge < -0.3 is 14.7 Å². The van der Waals surface area contributed by atoms with Crippen LogP contribution >= 0.6 is 0 Å². The van der Waals surface area contributed by atoms with E-state index in [1.807, 2.05) is 12.1 Å². The van der Waals surface area contributed by atoms with Gasteiger partial charge in [0.05, 0.1) is 12.7 Å². The van der Waals surface area contributed by atoms with Crippen LogP contribution in [0, 0.1) is 0 Å². The van der Waals surface area contributed by atoms with Crippen molar-refractivity contribution in [3.63, 3.8) is 0 Å². The van der Waals surface area contributed by atoms with E-state index >= 15 is 0 Å². The molecule has 0 radical (unpaired) electrons. The van der Waals surface area contributed by atoms with Gasteiger partial charge in [0.15, 0.2) is 0 Å². The highest BCUT2D eigenvalue weighted by atomic mass is 16.5. The minimum atomic E-state index is -0.918. The molecule has 2 aromatic rings. The lowest BCUT2D eigenvalue weighted by Crippen LogP contribution is -2.40. The first-order chi connectivity index (χ1) is 12.6. The Labute approximate surface area is 150 Å². The highest BCUT2D eigenvalue weighted by molar-refractivity contribution is 5.90. The number of piperidine rings is 1. The van der Waals surface area contributed by atoms with Crippen LogP contribution in [-0.2, 0) is 0 Å². The molecule has 1 aromatic carbocycles. The number of carbonyl (C=O) groups excluding carboxylic acids is 1. The fourth-order valence-corrected chi connectivity index (χ4v) is 3.14. The minimum absolute atomic E-state index is 0.130. The molecule has 1 fully saturated rings. The zero-order valence-corrected chi connectivity index (χ0v) is 14.4. The number of nitrogens with one attached hydrogen (secondary N) is 1. The third kappa shape index (κ3) is 3.90. The van der Waals surface area contributed by atoms with E-state index in [0.29, 0.717) is 37.3 Å². The highest BCUT2D eigenvalue weighted by Gasteiger charge is 2.26. The van der Waals surface area contributed by atoms with Gasteiger partial charge in [-0.15, -0.1) is 0 Å². The van der Waals surface area contributed by atoms with Crippen molar-refractivity contribution in [2.45, 2.75) is 18.8 Å². The number of carbonyl (C=O) groups is 2. The minimum Gasteiger partial charge on any atom is -0.478 e. The van der Waals surface area contributed by atoms with Crippen molar-refractivity contribution < 1.29 is 19.4 Å². The number of ether oxygens (including phenoxy) is 1. The van der Waals surface area contributed by atoms with Crippen LogP contribution in [0.15, 0.2) is 36.5 Å². The van der Waals surface area contributed by atoms with Crippen LogP contribution in [0.2, 0.25) is 0 Å². The molecule has 1 saturated heterocycles. The van der Waals surface area contributed by atoms with Crippen LogP contribution in [-0.4, -0.2) is 52.2 Å². The number of carboxylic acid groups (broad SMARTS) is 1. The number of likely N-dealkylation sites (tertiary alicyclic amines) is 1. The van der Waals surface area contributed by atoms with Crippen molar-refractivity contribution in [3.8, 4) is 6.01 Å². The SMILES string of the molecule is COc1nccc(NC(=O)N2CCC(c3ccccc3C(=O)O)CC2)n1. The third-order valence-electron chi connectivity index (χ3n) is 4.46. The Kier molecular flexibility index (Phi) is 5.31. The summed E-state index contributed by atoms with van der Waals surface area (Å²) in [5, 5.41) is 12.1. The van der Waals surface area contributed by atoms with Gasteiger partial charge in [0.1, 0.15) is 5.82 Å². The first kappa shape index (κ1) is 17.7. The topological polar surface area (TPSA) is 105 Å². The van der Waals surface area contributed by atoms with E-state index in [-0.39, 0.29) is 18.0 Å². The number of aromatic nitrogens is 2. The molecular formula is C18H20N4O4. The number of urea groups is 1. The largest absolute Gasteiger partial charge is 0.478 e. The van der Waals surface area contributed by atoms with Crippen LogP contribution in [0.1, 0.15) is 34.7 Å². The van der Waals surface area contributed by atoms with Crippen molar-refractivity contribution in [2.24, 2.45) is 0 Å². The summed E-state index contributed by atoms with van der Waals surface area (Å²) < 4.78 is 4.94. The molecule has 0 unspecified atom stereocenters. The van der Waals surface area contributed by atoms with Crippen molar-refractivity contribution in [3.05, 3.63) is 47.7 Å². The van der Waals surface area contributed by atoms with Crippen molar-refractivity contribution >= 4 is 17.8 Å². The average Bonchev–Trinajstić information content (AvgIpc) is 2.68. The zero-order valence-electron chi connectivity index (χ0n) is 14.4. The molecule has 2 amide bonds. The van der Waals surface area contributed by atoms with E-state index in [1.54, 1.807) is 23.1 Å². The number of hydrogen-bond donors (Lipinski definition) is 2.